The molecule has 36 heavy (non-hydrogen) atoms. The van der Waals surface area contributed by atoms with E-state index in [0.717, 1.165) is 38.7 Å². The van der Waals surface area contributed by atoms with Gasteiger partial charge in [0.2, 0.25) is 0 Å². The molecule has 1 aliphatic heterocycles. The SMILES string of the molecule is O=c1[nH]c2ccc(Cl)cc2c(-c2ccccc2)c1C1=NNC(c2ccc(-c3ccc(F)cc3)cc2)C1. The van der Waals surface area contributed by atoms with Gasteiger partial charge in [-0.3, -0.25) is 4.79 Å². The van der Waals surface area contributed by atoms with E-state index in [1.54, 1.807) is 18.2 Å². The summed E-state index contributed by atoms with van der Waals surface area (Å²) in [6.45, 7) is 0. The van der Waals surface area contributed by atoms with Gasteiger partial charge in [0.25, 0.3) is 5.56 Å². The minimum absolute atomic E-state index is 0.0691. The van der Waals surface area contributed by atoms with Crippen LogP contribution in [-0.4, -0.2) is 10.7 Å². The lowest BCUT2D eigenvalue weighted by atomic mass is 9.91. The number of fused-ring (bicyclic) bond motifs is 1. The van der Waals surface area contributed by atoms with Crippen LogP contribution in [0.5, 0.6) is 0 Å². The Bertz CT molecular complexity index is 1660. The molecule has 0 amide bonds. The first kappa shape index (κ1) is 22.3. The topological polar surface area (TPSA) is 57.2 Å². The molecule has 0 fully saturated rings. The Labute approximate surface area is 212 Å². The van der Waals surface area contributed by atoms with Crippen molar-refractivity contribution in [3.63, 3.8) is 0 Å². The second-order valence-electron chi connectivity index (χ2n) is 8.83. The van der Waals surface area contributed by atoms with E-state index in [1.165, 1.54) is 12.1 Å². The van der Waals surface area contributed by atoms with Gasteiger partial charge in [-0.15, -0.1) is 0 Å². The number of hydrogen-bond donors (Lipinski definition) is 2. The minimum Gasteiger partial charge on any atom is -0.321 e. The van der Waals surface area contributed by atoms with E-state index >= 15 is 0 Å². The first-order valence-electron chi connectivity index (χ1n) is 11.7. The third-order valence-corrected chi connectivity index (χ3v) is 6.81. The van der Waals surface area contributed by atoms with E-state index in [-0.39, 0.29) is 17.4 Å². The summed E-state index contributed by atoms with van der Waals surface area (Å²) in [7, 11) is 0. The van der Waals surface area contributed by atoms with Crippen LogP contribution in [0.1, 0.15) is 23.6 Å². The Morgan fingerprint density at radius 3 is 2.22 bits per heavy atom. The molecule has 6 rings (SSSR count). The molecule has 0 radical (unpaired) electrons. The number of hydrogen-bond acceptors (Lipinski definition) is 3. The molecule has 0 aliphatic carbocycles. The number of nitrogens with one attached hydrogen (secondary N) is 2. The number of benzene rings is 4. The molecule has 4 aromatic carbocycles. The van der Waals surface area contributed by atoms with Gasteiger partial charge in [-0.1, -0.05) is 78.3 Å². The van der Waals surface area contributed by atoms with Gasteiger partial charge >= 0.3 is 0 Å². The molecule has 1 unspecified atom stereocenters. The lowest BCUT2D eigenvalue weighted by Crippen LogP contribution is -2.20. The minimum atomic E-state index is -0.254. The van der Waals surface area contributed by atoms with Gasteiger partial charge in [-0.2, -0.15) is 5.10 Å². The van der Waals surface area contributed by atoms with Crippen LogP contribution in [0.3, 0.4) is 0 Å². The Balaban J connectivity index is 1.36. The quantitative estimate of drug-likeness (QED) is 0.280. The van der Waals surface area contributed by atoms with Gasteiger partial charge < -0.3 is 10.4 Å². The number of aromatic amines is 1. The summed E-state index contributed by atoms with van der Waals surface area (Å²) in [6.07, 6.45) is 0.560. The molecule has 0 saturated carbocycles. The third kappa shape index (κ3) is 4.08. The second kappa shape index (κ2) is 9.10. The summed E-state index contributed by atoms with van der Waals surface area (Å²) in [5.41, 5.74) is 9.78. The van der Waals surface area contributed by atoms with Crippen LogP contribution >= 0.6 is 11.6 Å². The van der Waals surface area contributed by atoms with Crippen molar-refractivity contribution in [2.75, 3.05) is 0 Å². The van der Waals surface area contributed by atoms with Crippen molar-refractivity contribution in [2.45, 2.75) is 12.5 Å². The molecule has 1 aliphatic rings. The van der Waals surface area contributed by atoms with Gasteiger partial charge in [0.1, 0.15) is 5.82 Å². The Hall–Kier alpha value is -4.22. The molecular weight excluding hydrogens is 473 g/mol. The van der Waals surface area contributed by atoms with Crippen LogP contribution in [0, 0.1) is 5.82 Å². The fraction of sp³-hybridized carbons (Fsp3) is 0.0667. The average molecular weight is 494 g/mol. The Morgan fingerprint density at radius 1 is 0.806 bits per heavy atom. The zero-order valence-corrected chi connectivity index (χ0v) is 19.9. The molecular formula is C30H21ClFN3O. The predicted octanol–water partition coefficient (Wildman–Crippen LogP) is 7.09. The first-order valence-corrected chi connectivity index (χ1v) is 12.0. The smallest absolute Gasteiger partial charge is 0.258 e. The van der Waals surface area contributed by atoms with Crippen LogP contribution < -0.4 is 11.0 Å². The van der Waals surface area contributed by atoms with Gasteiger partial charge in [0.05, 0.1) is 17.3 Å². The highest BCUT2D eigenvalue weighted by Crippen LogP contribution is 2.34. The number of hydrazone groups is 1. The van der Waals surface area contributed by atoms with Gasteiger partial charge in [-0.05, 0) is 52.6 Å². The lowest BCUT2D eigenvalue weighted by Gasteiger charge is -2.14. The molecule has 2 heterocycles. The maximum atomic E-state index is 13.3. The zero-order valence-electron chi connectivity index (χ0n) is 19.1. The zero-order chi connectivity index (χ0) is 24.6. The molecule has 6 heteroatoms. The normalized spacial score (nSPS) is 15.1. The fourth-order valence-electron chi connectivity index (χ4n) is 4.79. The first-order chi connectivity index (χ1) is 17.6. The van der Waals surface area contributed by atoms with Crippen molar-refractivity contribution in [2.24, 2.45) is 5.10 Å². The third-order valence-electron chi connectivity index (χ3n) is 6.57. The molecule has 1 aromatic heterocycles. The van der Waals surface area contributed by atoms with E-state index in [1.807, 2.05) is 66.7 Å². The van der Waals surface area contributed by atoms with Crippen LogP contribution in [0.2, 0.25) is 5.02 Å². The maximum absolute atomic E-state index is 13.3. The average Bonchev–Trinajstić information content (AvgIpc) is 3.39. The number of rotatable bonds is 4. The van der Waals surface area contributed by atoms with Crippen LogP contribution in [-0.2, 0) is 0 Å². The van der Waals surface area contributed by atoms with E-state index in [2.05, 4.69) is 15.5 Å². The number of H-pyrrole nitrogens is 1. The van der Waals surface area contributed by atoms with Gasteiger partial charge in [0, 0.05) is 27.9 Å². The van der Waals surface area contributed by atoms with Crippen LogP contribution in [0.25, 0.3) is 33.2 Å². The highest BCUT2D eigenvalue weighted by atomic mass is 35.5. The standard InChI is InChI=1S/C30H21ClFN3O/c31-22-12-15-25-24(16-22)28(21-4-2-1-3-5-21)29(30(36)33-25)27-17-26(34-35-27)20-8-6-18(7-9-20)19-10-13-23(32)14-11-19/h1-16,26,34H,17H2,(H,33,36). The van der Waals surface area contributed by atoms with Crippen molar-refractivity contribution >= 4 is 28.2 Å². The second-order valence-corrected chi connectivity index (χ2v) is 9.27. The summed E-state index contributed by atoms with van der Waals surface area (Å²) in [5.74, 6) is -0.254. The van der Waals surface area contributed by atoms with Crippen molar-refractivity contribution in [1.82, 2.24) is 10.4 Å². The molecule has 176 valence electrons. The number of halogens is 2. The van der Waals surface area contributed by atoms with Crippen molar-refractivity contribution in [3.05, 3.63) is 129 Å². The van der Waals surface area contributed by atoms with E-state index in [9.17, 15) is 9.18 Å². The highest BCUT2D eigenvalue weighted by Gasteiger charge is 2.27. The van der Waals surface area contributed by atoms with Crippen molar-refractivity contribution in [3.8, 4) is 22.3 Å². The molecule has 4 nitrogen and oxygen atoms in total. The Morgan fingerprint density at radius 2 is 1.50 bits per heavy atom. The van der Waals surface area contributed by atoms with Gasteiger partial charge in [0.15, 0.2) is 0 Å². The number of aromatic nitrogens is 1. The van der Waals surface area contributed by atoms with Crippen LogP contribution in [0.4, 0.5) is 4.39 Å². The number of pyridine rings is 1. The van der Waals surface area contributed by atoms with E-state index in [4.69, 9.17) is 11.6 Å². The van der Waals surface area contributed by atoms with Gasteiger partial charge in [-0.25, -0.2) is 4.39 Å². The molecule has 5 aromatic rings. The van der Waals surface area contributed by atoms with E-state index < -0.39 is 0 Å². The molecule has 0 spiro atoms. The monoisotopic (exact) mass is 493 g/mol. The summed E-state index contributed by atoms with van der Waals surface area (Å²) < 4.78 is 13.3. The predicted molar refractivity (Wildman–Crippen MR) is 144 cm³/mol. The van der Waals surface area contributed by atoms with E-state index in [0.29, 0.717) is 22.7 Å². The molecule has 2 N–H and O–H groups in total. The van der Waals surface area contributed by atoms with Crippen molar-refractivity contribution in [1.29, 1.82) is 0 Å². The molecule has 0 bridgehead atoms. The number of nitrogens with zero attached hydrogens (tertiary/aromatic N) is 1. The van der Waals surface area contributed by atoms with Crippen LogP contribution in [0.15, 0.2) is 107 Å². The maximum Gasteiger partial charge on any atom is 0.258 e. The summed E-state index contributed by atoms with van der Waals surface area (Å²) in [4.78, 5) is 16.4. The van der Waals surface area contributed by atoms with Crippen molar-refractivity contribution < 1.29 is 4.39 Å². The Kier molecular flexibility index (Phi) is 5.62. The fourth-order valence-corrected chi connectivity index (χ4v) is 4.96. The summed E-state index contributed by atoms with van der Waals surface area (Å²) >= 11 is 6.34. The molecule has 1 atom stereocenters. The highest BCUT2D eigenvalue weighted by molar-refractivity contribution is 6.31. The molecule has 0 saturated heterocycles. The lowest BCUT2D eigenvalue weighted by molar-refractivity contribution is 0.620. The largest absolute Gasteiger partial charge is 0.321 e. The summed E-state index contributed by atoms with van der Waals surface area (Å²) in [6, 6.07) is 29.8. The summed E-state index contributed by atoms with van der Waals surface area (Å²) in [5, 5.41) is 6.08.